The number of carboxylic acid groups (broad SMARTS) is 1. The summed E-state index contributed by atoms with van der Waals surface area (Å²) in [6, 6.07) is 1.80. The third-order valence-corrected chi connectivity index (χ3v) is 3.15. The predicted molar refractivity (Wildman–Crippen MR) is 82.2 cm³/mol. The minimum atomic E-state index is -1.04. The maximum atomic E-state index is 11.9. The number of aliphatic carboxylic acids is 1. The number of hydrogen-bond donors (Lipinski definition) is 3. The number of carbonyl (C=O) groups is 3. The first kappa shape index (κ1) is 17.2. The maximum absolute atomic E-state index is 11.9. The van der Waals surface area contributed by atoms with E-state index in [2.05, 4.69) is 20.8 Å². The van der Waals surface area contributed by atoms with Crippen LogP contribution >= 0.6 is 0 Å². The van der Waals surface area contributed by atoms with Gasteiger partial charge in [-0.15, -0.1) is 0 Å². The summed E-state index contributed by atoms with van der Waals surface area (Å²) >= 11 is 0. The molecule has 0 spiro atoms. The van der Waals surface area contributed by atoms with Crippen LogP contribution in [0.3, 0.4) is 0 Å². The van der Waals surface area contributed by atoms with E-state index in [1.54, 1.807) is 16.9 Å². The number of hydrogen-bond acceptors (Lipinski definition) is 5. The van der Waals surface area contributed by atoms with Gasteiger partial charge in [-0.2, -0.15) is 10.2 Å². The highest BCUT2D eigenvalue weighted by Crippen LogP contribution is 1.97. The smallest absolute Gasteiger partial charge is 0.325 e. The Morgan fingerprint density at radius 1 is 1.17 bits per heavy atom. The molecule has 3 N–H and O–H groups in total. The molecule has 0 atom stereocenters. The lowest BCUT2D eigenvalue weighted by atomic mass is 10.3. The van der Waals surface area contributed by atoms with Crippen LogP contribution in [-0.4, -0.2) is 55.5 Å². The second-order valence-corrected chi connectivity index (χ2v) is 5.06. The molecule has 0 aliphatic carbocycles. The molecule has 0 saturated carbocycles. The van der Waals surface area contributed by atoms with Crippen LogP contribution in [0.25, 0.3) is 0 Å². The molecule has 128 valence electrons. The Balaban J connectivity index is 1.69. The summed E-state index contributed by atoms with van der Waals surface area (Å²) in [5.41, 5.74) is 1.14. The average molecular weight is 334 g/mol. The van der Waals surface area contributed by atoms with Gasteiger partial charge in [-0.25, -0.2) is 0 Å². The summed E-state index contributed by atoms with van der Waals surface area (Å²) in [5.74, 6) is -1.63. The Morgan fingerprint density at radius 3 is 2.58 bits per heavy atom. The first-order valence-electron chi connectivity index (χ1n) is 7.23. The van der Waals surface area contributed by atoms with Crippen LogP contribution in [-0.2, 0) is 22.7 Å². The van der Waals surface area contributed by atoms with Gasteiger partial charge in [-0.1, -0.05) is 0 Å². The van der Waals surface area contributed by atoms with Crippen molar-refractivity contribution in [3.05, 3.63) is 35.9 Å². The molecule has 0 aromatic carbocycles. The van der Waals surface area contributed by atoms with Gasteiger partial charge in [0.25, 0.3) is 5.91 Å². The van der Waals surface area contributed by atoms with E-state index in [1.165, 1.54) is 12.4 Å². The molecule has 0 bridgehead atoms. The molecule has 0 saturated heterocycles. The minimum absolute atomic E-state index is 0.120. The zero-order chi connectivity index (χ0) is 17.5. The molecule has 2 rings (SSSR count). The Kier molecular flexibility index (Phi) is 5.66. The van der Waals surface area contributed by atoms with Crippen molar-refractivity contribution in [3.8, 4) is 0 Å². The topological polar surface area (TPSA) is 131 Å². The first-order chi connectivity index (χ1) is 11.5. The number of carboxylic acids is 1. The van der Waals surface area contributed by atoms with Gasteiger partial charge in [0, 0.05) is 31.2 Å². The van der Waals surface area contributed by atoms with Crippen molar-refractivity contribution in [1.29, 1.82) is 0 Å². The molecular formula is C14H18N6O4. The third kappa shape index (κ3) is 4.93. The van der Waals surface area contributed by atoms with Crippen LogP contribution in [0.15, 0.2) is 24.7 Å². The normalized spacial score (nSPS) is 10.4. The second kappa shape index (κ2) is 7.90. The molecule has 2 aromatic rings. The van der Waals surface area contributed by atoms with E-state index in [1.807, 2.05) is 6.92 Å². The molecule has 10 heteroatoms. The molecule has 24 heavy (non-hydrogen) atoms. The lowest BCUT2D eigenvalue weighted by Crippen LogP contribution is -2.36. The van der Waals surface area contributed by atoms with Gasteiger partial charge in [0.15, 0.2) is 0 Å². The minimum Gasteiger partial charge on any atom is -0.480 e. The number of aryl methyl sites for hydroxylation is 1. The Hall–Kier alpha value is -3.17. The quantitative estimate of drug-likeness (QED) is 0.532. The van der Waals surface area contributed by atoms with Gasteiger partial charge in [0.05, 0.1) is 11.8 Å². The number of carbonyl (C=O) groups excluding carboxylic acids is 2. The molecule has 0 aliphatic heterocycles. The van der Waals surface area contributed by atoms with Crippen LogP contribution in [0, 0.1) is 6.92 Å². The van der Waals surface area contributed by atoms with E-state index in [9.17, 15) is 14.4 Å². The van der Waals surface area contributed by atoms with Crippen LogP contribution in [0.1, 0.15) is 16.1 Å². The second-order valence-electron chi connectivity index (χ2n) is 5.06. The van der Waals surface area contributed by atoms with Gasteiger partial charge in [0.2, 0.25) is 5.91 Å². The molecule has 0 fully saturated rings. The number of rotatable bonds is 8. The summed E-state index contributed by atoms with van der Waals surface area (Å²) < 4.78 is 2.73. The Labute approximate surface area is 137 Å². The average Bonchev–Trinajstić information content (AvgIpc) is 3.13. The van der Waals surface area contributed by atoms with Crippen LogP contribution in [0.2, 0.25) is 0 Å². The van der Waals surface area contributed by atoms with E-state index in [0.717, 1.165) is 10.4 Å². The van der Waals surface area contributed by atoms with Gasteiger partial charge in [0.1, 0.15) is 13.1 Å². The fourth-order valence-electron chi connectivity index (χ4n) is 1.94. The highest BCUT2D eigenvalue weighted by Gasteiger charge is 2.10. The molecule has 2 heterocycles. The lowest BCUT2D eigenvalue weighted by Gasteiger charge is -2.07. The predicted octanol–water partition coefficient (Wildman–Crippen LogP) is -0.981. The third-order valence-electron chi connectivity index (χ3n) is 3.15. The fraction of sp³-hybridized carbons (Fsp3) is 0.357. The highest BCUT2D eigenvalue weighted by molar-refractivity contribution is 5.93. The van der Waals surface area contributed by atoms with Gasteiger partial charge >= 0.3 is 5.97 Å². The number of nitrogens with one attached hydrogen (secondary N) is 2. The van der Waals surface area contributed by atoms with Crippen molar-refractivity contribution in [2.45, 2.75) is 20.0 Å². The molecule has 2 aromatic heterocycles. The molecule has 0 aliphatic rings. The van der Waals surface area contributed by atoms with Crippen molar-refractivity contribution in [2.24, 2.45) is 0 Å². The van der Waals surface area contributed by atoms with E-state index in [0.29, 0.717) is 0 Å². The fourth-order valence-corrected chi connectivity index (χ4v) is 1.94. The van der Waals surface area contributed by atoms with Gasteiger partial charge in [-0.3, -0.25) is 23.7 Å². The summed E-state index contributed by atoms with van der Waals surface area (Å²) in [7, 11) is 0. The van der Waals surface area contributed by atoms with Crippen molar-refractivity contribution in [2.75, 3.05) is 13.1 Å². The lowest BCUT2D eigenvalue weighted by molar-refractivity contribution is -0.137. The maximum Gasteiger partial charge on any atom is 0.325 e. The van der Waals surface area contributed by atoms with Crippen LogP contribution in [0.5, 0.6) is 0 Å². The molecule has 10 nitrogen and oxygen atoms in total. The summed E-state index contributed by atoms with van der Waals surface area (Å²) in [6.07, 6.45) is 4.26. The van der Waals surface area contributed by atoms with Gasteiger partial charge in [-0.05, 0) is 13.0 Å². The SMILES string of the molecule is Cc1ccnn1CC(=O)NCCNC(=O)c1cnn(CC(=O)O)c1. The standard InChI is InChI=1S/C14H18N6O4/c1-10-2-3-17-20(10)8-12(21)15-4-5-16-14(24)11-6-18-19(7-11)9-13(22)23/h2-3,6-7H,4-5,8-9H2,1H3,(H,15,21)(H,16,24)(H,22,23). The van der Waals surface area contributed by atoms with Crippen LogP contribution < -0.4 is 10.6 Å². The molecule has 0 unspecified atom stereocenters. The van der Waals surface area contributed by atoms with Crippen LogP contribution in [0.4, 0.5) is 0 Å². The van der Waals surface area contributed by atoms with Crippen molar-refractivity contribution in [3.63, 3.8) is 0 Å². The Bertz CT molecular complexity index is 735. The largest absolute Gasteiger partial charge is 0.480 e. The van der Waals surface area contributed by atoms with E-state index >= 15 is 0 Å². The number of amides is 2. The van der Waals surface area contributed by atoms with E-state index < -0.39 is 5.97 Å². The zero-order valence-electron chi connectivity index (χ0n) is 13.1. The van der Waals surface area contributed by atoms with E-state index in [-0.39, 0.29) is 43.6 Å². The van der Waals surface area contributed by atoms with Crippen molar-refractivity contribution >= 4 is 17.8 Å². The summed E-state index contributed by atoms with van der Waals surface area (Å²) in [6.45, 7) is 2.18. The Morgan fingerprint density at radius 2 is 1.92 bits per heavy atom. The first-order valence-corrected chi connectivity index (χ1v) is 7.23. The number of aromatic nitrogens is 4. The van der Waals surface area contributed by atoms with E-state index in [4.69, 9.17) is 5.11 Å². The molecule has 0 radical (unpaired) electrons. The molecule has 2 amide bonds. The summed E-state index contributed by atoms with van der Waals surface area (Å²) in [5, 5.41) is 21.7. The molecular weight excluding hydrogens is 316 g/mol. The van der Waals surface area contributed by atoms with Crippen molar-refractivity contribution < 1.29 is 19.5 Å². The van der Waals surface area contributed by atoms with Crippen molar-refractivity contribution in [1.82, 2.24) is 30.2 Å². The highest BCUT2D eigenvalue weighted by atomic mass is 16.4. The number of nitrogens with zero attached hydrogens (tertiary/aromatic N) is 4. The van der Waals surface area contributed by atoms with Gasteiger partial charge < -0.3 is 15.7 Å². The monoisotopic (exact) mass is 334 g/mol. The zero-order valence-corrected chi connectivity index (χ0v) is 13.1. The summed E-state index contributed by atoms with van der Waals surface area (Å²) in [4.78, 5) is 34.1.